The summed E-state index contributed by atoms with van der Waals surface area (Å²) < 4.78 is 5.85. The van der Waals surface area contributed by atoms with Crippen molar-refractivity contribution in [3.05, 3.63) is 107 Å². The third-order valence-electron chi connectivity index (χ3n) is 6.41. The summed E-state index contributed by atoms with van der Waals surface area (Å²) in [5.41, 5.74) is 2.15. The molecule has 0 aliphatic carbocycles. The van der Waals surface area contributed by atoms with Crippen LogP contribution in [0, 0.1) is 5.92 Å². The molecule has 0 fully saturated rings. The maximum atomic E-state index is 13.7. The number of rotatable bonds is 7. The van der Waals surface area contributed by atoms with Gasteiger partial charge in [-0.3, -0.25) is 19.3 Å². The Morgan fingerprint density at radius 1 is 0.806 bits per heavy atom. The fourth-order valence-corrected chi connectivity index (χ4v) is 4.64. The Balaban J connectivity index is 1.50. The molecule has 1 N–H and O–H groups in total. The number of nitrogens with one attached hydrogen (secondary N) is 1. The van der Waals surface area contributed by atoms with E-state index in [1.165, 1.54) is 0 Å². The summed E-state index contributed by atoms with van der Waals surface area (Å²) in [4.78, 5) is 57.6. The Morgan fingerprint density at radius 3 is 2.03 bits per heavy atom. The predicted molar refractivity (Wildman–Crippen MR) is 133 cm³/mol. The van der Waals surface area contributed by atoms with Crippen molar-refractivity contribution in [2.75, 3.05) is 0 Å². The number of fused-ring (bicyclic) bond motifs is 2. The van der Waals surface area contributed by atoms with E-state index in [0.29, 0.717) is 16.5 Å². The van der Waals surface area contributed by atoms with Crippen LogP contribution < -0.4 is 0 Å². The highest BCUT2D eigenvalue weighted by Crippen LogP contribution is 2.31. The number of Topliss-reactive ketones (excluding diaryl/α,β-unsaturated/α-hetero) is 1. The summed E-state index contributed by atoms with van der Waals surface area (Å²) in [6.07, 6.45) is 0.343. The summed E-state index contributed by atoms with van der Waals surface area (Å²) in [6.45, 7) is 3.46. The van der Waals surface area contributed by atoms with Crippen LogP contribution in [0.25, 0.3) is 10.9 Å². The number of imide groups is 1. The van der Waals surface area contributed by atoms with Crippen LogP contribution in [0.15, 0.2) is 85.1 Å². The van der Waals surface area contributed by atoms with Crippen LogP contribution in [-0.4, -0.2) is 39.5 Å². The van der Waals surface area contributed by atoms with Gasteiger partial charge in [0.15, 0.2) is 6.10 Å². The van der Waals surface area contributed by atoms with Crippen LogP contribution in [0.5, 0.6) is 0 Å². The van der Waals surface area contributed by atoms with Crippen molar-refractivity contribution in [3.63, 3.8) is 0 Å². The van der Waals surface area contributed by atoms with Crippen molar-refractivity contribution >= 4 is 34.5 Å². The number of carbonyl (C=O) groups is 4. The Kier molecular flexibility index (Phi) is 5.98. The van der Waals surface area contributed by atoms with Crippen LogP contribution in [-0.2, 0) is 9.53 Å². The number of esters is 1. The second-order valence-electron chi connectivity index (χ2n) is 9.05. The molecule has 36 heavy (non-hydrogen) atoms. The highest BCUT2D eigenvalue weighted by molar-refractivity contribution is 6.22. The van der Waals surface area contributed by atoms with Gasteiger partial charge in [0.25, 0.3) is 11.8 Å². The molecule has 7 nitrogen and oxygen atoms in total. The third-order valence-corrected chi connectivity index (χ3v) is 6.41. The lowest BCUT2D eigenvalue weighted by molar-refractivity contribution is -0.153. The molecule has 7 heteroatoms. The molecule has 0 saturated heterocycles. The molecule has 2 amide bonds. The molecule has 1 aliphatic rings. The highest BCUT2D eigenvalue weighted by Gasteiger charge is 2.45. The predicted octanol–water partition coefficient (Wildman–Crippen LogP) is 4.96. The number of aromatic amines is 1. The first-order valence-corrected chi connectivity index (χ1v) is 11.7. The van der Waals surface area contributed by atoms with E-state index in [9.17, 15) is 19.2 Å². The summed E-state index contributed by atoms with van der Waals surface area (Å²) in [5.74, 6) is -2.77. The van der Waals surface area contributed by atoms with E-state index in [2.05, 4.69) is 4.98 Å². The van der Waals surface area contributed by atoms with E-state index in [-0.39, 0.29) is 11.1 Å². The summed E-state index contributed by atoms with van der Waals surface area (Å²) in [7, 11) is 0. The molecule has 4 aromatic rings. The Bertz CT molecular complexity index is 1450. The molecule has 180 valence electrons. The van der Waals surface area contributed by atoms with Crippen LogP contribution in [0.1, 0.15) is 56.6 Å². The van der Waals surface area contributed by atoms with E-state index < -0.39 is 41.6 Å². The lowest BCUT2D eigenvalue weighted by Crippen LogP contribution is -2.49. The number of ketones is 1. The first-order chi connectivity index (χ1) is 17.4. The number of benzene rings is 3. The number of aromatic nitrogens is 1. The average Bonchev–Trinajstić information content (AvgIpc) is 3.43. The quantitative estimate of drug-likeness (QED) is 0.229. The van der Waals surface area contributed by atoms with Gasteiger partial charge in [0, 0.05) is 28.2 Å². The second kappa shape index (κ2) is 9.26. The molecular formula is C29H24N2O5. The fourth-order valence-electron chi connectivity index (χ4n) is 4.64. The Morgan fingerprint density at radius 2 is 1.39 bits per heavy atom. The minimum atomic E-state index is -1.26. The van der Waals surface area contributed by atoms with Crippen LogP contribution >= 0.6 is 0 Å². The van der Waals surface area contributed by atoms with Gasteiger partial charge in [-0.2, -0.15) is 0 Å². The molecule has 1 aromatic heterocycles. The van der Waals surface area contributed by atoms with Gasteiger partial charge in [0.1, 0.15) is 6.04 Å². The van der Waals surface area contributed by atoms with Crippen molar-refractivity contribution < 1.29 is 23.9 Å². The smallest absolute Gasteiger partial charge is 0.330 e. The highest BCUT2D eigenvalue weighted by atomic mass is 16.5. The molecule has 5 rings (SSSR count). The van der Waals surface area contributed by atoms with E-state index in [1.807, 2.05) is 24.3 Å². The van der Waals surface area contributed by atoms with Gasteiger partial charge in [-0.05, 0) is 24.1 Å². The number of hydrogen-bond acceptors (Lipinski definition) is 5. The van der Waals surface area contributed by atoms with Gasteiger partial charge in [0.05, 0.1) is 11.1 Å². The number of carbonyl (C=O) groups excluding carboxylic acids is 4. The first kappa shape index (κ1) is 23.2. The molecule has 0 saturated carbocycles. The van der Waals surface area contributed by atoms with Gasteiger partial charge in [-0.15, -0.1) is 0 Å². The maximum absolute atomic E-state index is 13.7. The number of nitrogens with zero attached hydrogens (tertiary/aromatic N) is 1. The summed E-state index contributed by atoms with van der Waals surface area (Å²) in [5, 5.41) is 0.709. The normalized spacial score (nSPS) is 14.7. The summed E-state index contributed by atoms with van der Waals surface area (Å²) >= 11 is 0. The van der Waals surface area contributed by atoms with Crippen molar-refractivity contribution in [1.29, 1.82) is 0 Å². The largest absolute Gasteiger partial charge is 0.447 e. The molecule has 0 radical (unpaired) electrons. The zero-order chi connectivity index (χ0) is 25.4. The van der Waals surface area contributed by atoms with Gasteiger partial charge < -0.3 is 9.72 Å². The van der Waals surface area contributed by atoms with Crippen molar-refractivity contribution in [2.45, 2.75) is 26.0 Å². The van der Waals surface area contributed by atoms with Crippen molar-refractivity contribution in [2.24, 2.45) is 5.92 Å². The number of amides is 2. The van der Waals surface area contributed by atoms with Crippen LogP contribution in [0.4, 0.5) is 0 Å². The van der Waals surface area contributed by atoms with Crippen molar-refractivity contribution in [1.82, 2.24) is 9.88 Å². The molecule has 2 heterocycles. The molecule has 0 spiro atoms. The minimum absolute atomic E-state index is 0.246. The third kappa shape index (κ3) is 3.88. The lowest BCUT2D eigenvalue weighted by atomic mass is 9.98. The molecule has 3 aromatic carbocycles. The number of para-hydroxylation sites is 1. The SMILES string of the molecule is CC(C)[C@@H](C(=O)OC(C(=O)c1c[nH]c2ccccc12)c1ccccc1)N1C(=O)c2ccccc2C1=O. The fraction of sp³-hybridized carbons (Fsp3) is 0.172. The number of hydrogen-bond donors (Lipinski definition) is 1. The Hall–Kier alpha value is -4.52. The zero-order valence-corrected chi connectivity index (χ0v) is 19.8. The second-order valence-corrected chi connectivity index (χ2v) is 9.05. The standard InChI is InChI=1S/C29H24N2O5/c1-17(2)24(31-27(33)20-13-6-7-14-21(20)28(31)34)29(35)36-26(18-10-4-3-5-11-18)25(32)22-16-30-23-15-9-8-12-19(22)23/h3-17,24,26,30H,1-2H3/t24-,26?/m0/s1. The molecular weight excluding hydrogens is 456 g/mol. The lowest BCUT2D eigenvalue weighted by Gasteiger charge is -2.29. The van der Waals surface area contributed by atoms with Crippen LogP contribution in [0.2, 0.25) is 0 Å². The van der Waals surface area contributed by atoms with Crippen molar-refractivity contribution in [3.8, 4) is 0 Å². The van der Waals surface area contributed by atoms with Crippen LogP contribution in [0.3, 0.4) is 0 Å². The monoisotopic (exact) mass is 480 g/mol. The maximum Gasteiger partial charge on any atom is 0.330 e. The molecule has 0 bridgehead atoms. The minimum Gasteiger partial charge on any atom is -0.447 e. The average molecular weight is 481 g/mol. The van der Waals surface area contributed by atoms with Gasteiger partial charge >= 0.3 is 5.97 Å². The first-order valence-electron chi connectivity index (χ1n) is 11.7. The number of H-pyrrole nitrogens is 1. The zero-order valence-electron chi connectivity index (χ0n) is 19.8. The van der Waals surface area contributed by atoms with E-state index >= 15 is 0 Å². The van der Waals surface area contributed by atoms with Gasteiger partial charge in [-0.1, -0.05) is 74.5 Å². The van der Waals surface area contributed by atoms with E-state index in [4.69, 9.17) is 4.74 Å². The molecule has 1 unspecified atom stereocenters. The van der Waals surface area contributed by atoms with E-state index in [1.54, 1.807) is 74.6 Å². The molecule has 2 atom stereocenters. The number of ether oxygens (including phenoxy) is 1. The van der Waals surface area contributed by atoms with E-state index in [0.717, 1.165) is 10.4 Å². The van der Waals surface area contributed by atoms with Gasteiger partial charge in [-0.25, -0.2) is 4.79 Å². The Labute approximate surface area is 207 Å². The summed E-state index contributed by atoms with van der Waals surface area (Å²) in [6, 6.07) is 21.3. The van der Waals surface area contributed by atoms with Gasteiger partial charge in [0.2, 0.25) is 5.78 Å². The molecule has 1 aliphatic heterocycles. The topological polar surface area (TPSA) is 96.5 Å².